The molecule has 0 radical (unpaired) electrons. The van der Waals surface area contributed by atoms with E-state index in [4.69, 9.17) is 23.0 Å². The summed E-state index contributed by atoms with van der Waals surface area (Å²) in [6, 6.07) is 20.1. The van der Waals surface area contributed by atoms with Crippen LogP contribution in [-0.4, -0.2) is 31.9 Å². The molecular weight excluding hydrogens is 498 g/mol. The molecule has 0 bridgehead atoms. The molecule has 5 aromatic rings. The van der Waals surface area contributed by atoms with Crippen LogP contribution >= 0.6 is 0 Å². The normalized spacial score (nSPS) is 13.3. The molecule has 198 valence electrons. The zero-order chi connectivity index (χ0) is 26.9. The van der Waals surface area contributed by atoms with Crippen molar-refractivity contribution in [3.63, 3.8) is 0 Å². The van der Waals surface area contributed by atoms with Crippen molar-refractivity contribution in [1.82, 2.24) is 4.90 Å². The Balaban J connectivity index is 1.39. The van der Waals surface area contributed by atoms with Gasteiger partial charge in [-0.2, -0.15) is 0 Å². The minimum Gasteiger partial charge on any atom is -0.496 e. The average molecular weight is 526 g/mol. The molecule has 0 saturated carbocycles. The predicted octanol–water partition coefficient (Wildman–Crippen LogP) is 5.37. The van der Waals surface area contributed by atoms with Crippen molar-refractivity contribution < 1.29 is 23.0 Å². The molecule has 8 heteroatoms. The number of fused-ring (bicyclic) bond motifs is 4. The molecule has 1 aliphatic heterocycles. The molecule has 39 heavy (non-hydrogen) atoms. The Hall–Kier alpha value is -4.56. The van der Waals surface area contributed by atoms with Gasteiger partial charge in [0.25, 0.3) is 0 Å². The Bertz CT molecular complexity index is 1800. The second-order valence-corrected chi connectivity index (χ2v) is 9.34. The van der Waals surface area contributed by atoms with E-state index >= 15 is 0 Å². The van der Waals surface area contributed by atoms with Gasteiger partial charge in [0.15, 0.2) is 11.3 Å². The molecule has 0 saturated heterocycles. The number of methoxy groups -OCH3 is 1. The van der Waals surface area contributed by atoms with Gasteiger partial charge in [-0.3, -0.25) is 4.90 Å². The smallest absolute Gasteiger partial charge is 0.344 e. The minimum atomic E-state index is -0.561. The topological polar surface area (TPSA) is 91.4 Å². The Morgan fingerprint density at radius 1 is 0.897 bits per heavy atom. The maximum Gasteiger partial charge on any atom is 0.344 e. The molecule has 0 amide bonds. The van der Waals surface area contributed by atoms with Crippen LogP contribution in [0.15, 0.2) is 85.2 Å². The first-order valence-corrected chi connectivity index (χ1v) is 12.8. The summed E-state index contributed by atoms with van der Waals surface area (Å²) >= 11 is 0. The molecule has 0 fully saturated rings. The molecule has 2 aromatic heterocycles. The maximum absolute atomic E-state index is 13.2. The lowest BCUT2D eigenvalue weighted by Crippen LogP contribution is -2.33. The van der Waals surface area contributed by atoms with Crippen molar-refractivity contribution in [2.24, 2.45) is 0 Å². The lowest BCUT2D eigenvalue weighted by Gasteiger charge is -2.29. The van der Waals surface area contributed by atoms with E-state index < -0.39 is 11.3 Å². The van der Waals surface area contributed by atoms with Crippen LogP contribution in [0, 0.1) is 0 Å². The van der Waals surface area contributed by atoms with E-state index in [1.54, 1.807) is 19.2 Å². The van der Waals surface area contributed by atoms with Crippen molar-refractivity contribution in [3.05, 3.63) is 98.7 Å². The summed E-state index contributed by atoms with van der Waals surface area (Å²) in [7, 11) is 1.67. The van der Waals surface area contributed by atoms with Crippen LogP contribution in [0.25, 0.3) is 33.1 Å². The highest BCUT2D eigenvalue weighted by atomic mass is 16.5. The number of hydrogen-bond donors (Lipinski definition) is 0. The minimum absolute atomic E-state index is 0.277. The first-order valence-electron chi connectivity index (χ1n) is 12.8. The zero-order valence-corrected chi connectivity index (χ0v) is 21.7. The number of ether oxygens (including phenoxy) is 3. The second-order valence-electron chi connectivity index (χ2n) is 9.34. The molecule has 0 unspecified atom stereocenters. The molecule has 0 atom stereocenters. The highest BCUT2D eigenvalue weighted by molar-refractivity contribution is 5.97. The molecular formula is C31H27NO7. The average Bonchev–Trinajstić information content (AvgIpc) is 2.96. The summed E-state index contributed by atoms with van der Waals surface area (Å²) in [4.78, 5) is 28.1. The van der Waals surface area contributed by atoms with Crippen LogP contribution in [-0.2, 0) is 13.0 Å². The first kappa shape index (κ1) is 24.8. The summed E-state index contributed by atoms with van der Waals surface area (Å²) in [5.41, 5.74) is 2.26. The first-order chi connectivity index (χ1) is 19.1. The van der Waals surface area contributed by atoms with Crippen molar-refractivity contribution in [2.45, 2.75) is 19.9 Å². The third kappa shape index (κ3) is 4.64. The number of rotatable bonds is 7. The molecule has 6 rings (SSSR count). The Morgan fingerprint density at radius 3 is 2.59 bits per heavy atom. The molecule has 3 aromatic carbocycles. The molecule has 0 N–H and O–H groups in total. The summed E-state index contributed by atoms with van der Waals surface area (Å²) < 4.78 is 28.5. The fourth-order valence-corrected chi connectivity index (χ4v) is 5.11. The Labute approximate surface area is 223 Å². The summed E-state index contributed by atoms with van der Waals surface area (Å²) in [5.74, 6) is 2.00. The van der Waals surface area contributed by atoms with Gasteiger partial charge < -0.3 is 23.0 Å². The highest BCUT2D eigenvalue weighted by Crippen LogP contribution is 2.36. The van der Waals surface area contributed by atoms with Crippen LogP contribution in [0.4, 0.5) is 0 Å². The van der Waals surface area contributed by atoms with E-state index in [9.17, 15) is 9.59 Å². The van der Waals surface area contributed by atoms with E-state index in [1.165, 1.54) is 6.07 Å². The Morgan fingerprint density at radius 2 is 1.74 bits per heavy atom. The highest BCUT2D eigenvalue weighted by Gasteiger charge is 2.24. The van der Waals surface area contributed by atoms with Gasteiger partial charge in [0, 0.05) is 35.5 Å². The number of hydrogen-bond acceptors (Lipinski definition) is 8. The number of benzene rings is 3. The zero-order valence-electron chi connectivity index (χ0n) is 21.7. The summed E-state index contributed by atoms with van der Waals surface area (Å²) in [6.07, 6.45) is 0.768. The molecule has 0 spiro atoms. The monoisotopic (exact) mass is 525 g/mol. The van der Waals surface area contributed by atoms with Gasteiger partial charge in [-0.15, -0.1) is 0 Å². The third-order valence-corrected chi connectivity index (χ3v) is 6.96. The third-order valence-electron chi connectivity index (χ3n) is 6.96. The fraction of sp³-hybridized carbons (Fsp3) is 0.226. The van der Waals surface area contributed by atoms with Gasteiger partial charge in [-0.1, -0.05) is 30.3 Å². The van der Waals surface area contributed by atoms with Crippen LogP contribution in [0.1, 0.15) is 18.1 Å². The van der Waals surface area contributed by atoms with Crippen LogP contribution in [0.2, 0.25) is 0 Å². The molecule has 8 nitrogen and oxygen atoms in total. The largest absolute Gasteiger partial charge is 0.496 e. The summed E-state index contributed by atoms with van der Waals surface area (Å²) in [6.45, 7) is 3.96. The van der Waals surface area contributed by atoms with Crippen LogP contribution < -0.4 is 25.5 Å². The maximum atomic E-state index is 13.2. The fourth-order valence-electron chi connectivity index (χ4n) is 5.11. The van der Waals surface area contributed by atoms with Crippen molar-refractivity contribution in [2.75, 3.05) is 27.0 Å². The predicted molar refractivity (Wildman–Crippen MR) is 148 cm³/mol. The van der Waals surface area contributed by atoms with E-state index in [0.29, 0.717) is 58.9 Å². The molecule has 0 aliphatic carbocycles. The van der Waals surface area contributed by atoms with E-state index in [2.05, 4.69) is 4.90 Å². The molecule has 3 heterocycles. The van der Waals surface area contributed by atoms with Gasteiger partial charge in [0.05, 0.1) is 24.8 Å². The van der Waals surface area contributed by atoms with Gasteiger partial charge in [0.1, 0.15) is 23.8 Å². The van der Waals surface area contributed by atoms with Crippen molar-refractivity contribution in [1.29, 1.82) is 0 Å². The number of para-hydroxylation sites is 2. The summed E-state index contributed by atoms with van der Waals surface area (Å²) in [5, 5.41) is 1.33. The number of nitrogens with zero attached hydrogens (tertiary/aromatic N) is 1. The lowest BCUT2D eigenvalue weighted by molar-refractivity contribution is 0.0966. The standard InChI is InChI=1S/C31H27NO7/c1-3-36-27-10-6-8-20-15-23(31(34)39-29(20)27)22-16-28(33)38-30-21(22)11-12-26-24(30)17-32(18-37-26)14-13-19-7-4-5-9-25(19)35-2/h4-12,15-16H,3,13-14,17-18H2,1-2H3. The van der Waals surface area contributed by atoms with Crippen LogP contribution in [0.5, 0.6) is 17.2 Å². The second kappa shape index (κ2) is 10.3. The van der Waals surface area contributed by atoms with E-state index in [0.717, 1.165) is 29.8 Å². The van der Waals surface area contributed by atoms with Gasteiger partial charge in [0.2, 0.25) is 0 Å². The lowest BCUT2D eigenvalue weighted by atomic mass is 9.99. The Kier molecular flexibility index (Phi) is 6.54. The quantitative estimate of drug-likeness (QED) is 0.262. The van der Waals surface area contributed by atoms with E-state index in [1.807, 2.05) is 55.5 Å². The SMILES string of the molecule is CCOc1cccc2cc(-c3cc(=O)oc4c5c(ccc34)OCN(CCc3ccccc3OC)C5)c(=O)oc12. The van der Waals surface area contributed by atoms with Crippen LogP contribution in [0.3, 0.4) is 0 Å². The van der Waals surface area contributed by atoms with Crippen molar-refractivity contribution in [3.8, 4) is 28.4 Å². The van der Waals surface area contributed by atoms with E-state index in [-0.39, 0.29) is 5.56 Å². The van der Waals surface area contributed by atoms with Gasteiger partial charge in [-0.05, 0) is 49.2 Å². The molecule has 1 aliphatic rings. The van der Waals surface area contributed by atoms with Gasteiger partial charge >= 0.3 is 11.3 Å². The van der Waals surface area contributed by atoms with Gasteiger partial charge in [-0.25, -0.2) is 9.59 Å². The van der Waals surface area contributed by atoms with Crippen molar-refractivity contribution >= 4 is 21.9 Å².